The van der Waals surface area contributed by atoms with Crippen molar-refractivity contribution in [1.29, 1.82) is 0 Å². The highest BCUT2D eigenvalue weighted by Gasteiger charge is 2.23. The van der Waals surface area contributed by atoms with Gasteiger partial charge in [0.15, 0.2) is 0 Å². The summed E-state index contributed by atoms with van der Waals surface area (Å²) < 4.78 is 7.43. The van der Waals surface area contributed by atoms with Crippen LogP contribution in [0.5, 0.6) is 0 Å². The number of fused-ring (bicyclic) bond motifs is 1. The molecule has 4 aromatic rings. The Balaban J connectivity index is 1.22. The SMILES string of the molecule is Cc1cccc(-c2cc3c(c(Nc4ccc(-c5cnn(CCN6CCOCC6)c5)cc4)n2)C(C=O)NC=C3)n1. The summed E-state index contributed by atoms with van der Waals surface area (Å²) in [5.41, 5.74) is 7.24. The molecule has 6 rings (SSSR count). The number of nitrogens with zero attached hydrogens (tertiary/aromatic N) is 5. The van der Waals surface area contributed by atoms with Crippen LogP contribution in [0.3, 0.4) is 0 Å². The van der Waals surface area contributed by atoms with Crippen molar-refractivity contribution in [3.63, 3.8) is 0 Å². The van der Waals surface area contributed by atoms with Crippen molar-refractivity contribution in [2.75, 3.05) is 38.2 Å². The summed E-state index contributed by atoms with van der Waals surface area (Å²) in [4.78, 5) is 23.8. The largest absolute Gasteiger partial charge is 0.379 e. The van der Waals surface area contributed by atoms with E-state index in [9.17, 15) is 4.79 Å². The number of hydrogen-bond acceptors (Lipinski definition) is 8. The molecule has 9 nitrogen and oxygen atoms in total. The van der Waals surface area contributed by atoms with Crippen molar-refractivity contribution in [2.24, 2.45) is 0 Å². The van der Waals surface area contributed by atoms with Crippen LogP contribution in [0.15, 0.2) is 67.1 Å². The quantitative estimate of drug-likeness (QED) is 0.333. The third-order valence-electron chi connectivity index (χ3n) is 7.09. The van der Waals surface area contributed by atoms with Crippen molar-refractivity contribution in [1.82, 2.24) is 30.0 Å². The molecule has 0 radical (unpaired) electrons. The number of carbonyl (C=O) groups excluding carboxylic acids is 1. The van der Waals surface area contributed by atoms with Gasteiger partial charge in [-0.3, -0.25) is 14.6 Å². The van der Waals surface area contributed by atoms with E-state index in [0.717, 1.165) is 90.7 Å². The number of aldehydes is 1. The molecule has 1 aromatic carbocycles. The summed E-state index contributed by atoms with van der Waals surface area (Å²) in [6.45, 7) is 7.34. The molecule has 1 atom stereocenters. The van der Waals surface area contributed by atoms with Crippen LogP contribution in [0.2, 0.25) is 0 Å². The summed E-state index contributed by atoms with van der Waals surface area (Å²) in [6, 6.07) is 15.6. The standard InChI is InChI=1S/C30H31N7O2/c1-21-3-2-4-26(33-21)27-17-23-9-10-31-28(20-38)29(23)30(35-27)34-25-7-5-22(6-8-25)24-18-32-37(19-24)12-11-36-13-15-39-16-14-36/h2-10,17-20,28,31H,11-16H2,1H3,(H,34,35). The molecule has 0 saturated carbocycles. The topological polar surface area (TPSA) is 97.2 Å². The number of rotatable bonds is 8. The molecule has 0 spiro atoms. The second-order valence-corrected chi connectivity index (χ2v) is 9.79. The molecule has 39 heavy (non-hydrogen) atoms. The number of morpholine rings is 1. The van der Waals surface area contributed by atoms with Gasteiger partial charge in [-0.1, -0.05) is 18.2 Å². The Bertz CT molecular complexity index is 1490. The Morgan fingerprint density at radius 1 is 1.05 bits per heavy atom. The van der Waals surface area contributed by atoms with Gasteiger partial charge in [-0.2, -0.15) is 5.10 Å². The molecule has 0 bridgehead atoms. The van der Waals surface area contributed by atoms with Gasteiger partial charge in [-0.25, -0.2) is 4.98 Å². The lowest BCUT2D eigenvalue weighted by Crippen LogP contribution is -2.38. The first-order valence-electron chi connectivity index (χ1n) is 13.2. The summed E-state index contributed by atoms with van der Waals surface area (Å²) in [5, 5.41) is 11.1. The van der Waals surface area contributed by atoms with Crippen LogP contribution in [0.25, 0.3) is 28.6 Å². The molecular formula is C30H31N7O2. The number of nitrogens with one attached hydrogen (secondary N) is 2. The maximum atomic E-state index is 11.9. The first-order valence-corrected chi connectivity index (χ1v) is 13.2. The maximum absolute atomic E-state index is 11.9. The summed E-state index contributed by atoms with van der Waals surface area (Å²) >= 11 is 0. The molecule has 2 N–H and O–H groups in total. The van der Waals surface area contributed by atoms with Crippen LogP contribution in [-0.2, 0) is 16.1 Å². The van der Waals surface area contributed by atoms with E-state index in [1.165, 1.54) is 0 Å². The van der Waals surface area contributed by atoms with E-state index in [4.69, 9.17) is 9.72 Å². The van der Waals surface area contributed by atoms with E-state index in [-0.39, 0.29) is 0 Å². The molecule has 0 aliphatic carbocycles. The van der Waals surface area contributed by atoms with Gasteiger partial charge < -0.3 is 20.2 Å². The number of carbonyl (C=O) groups is 1. The highest BCUT2D eigenvalue weighted by molar-refractivity contribution is 5.80. The minimum atomic E-state index is -0.484. The molecular weight excluding hydrogens is 490 g/mol. The van der Waals surface area contributed by atoms with Gasteiger partial charge in [0, 0.05) is 48.3 Å². The fraction of sp³-hybridized carbons (Fsp3) is 0.267. The van der Waals surface area contributed by atoms with Gasteiger partial charge in [-0.05, 0) is 60.7 Å². The van der Waals surface area contributed by atoms with Gasteiger partial charge >= 0.3 is 0 Å². The van der Waals surface area contributed by atoms with E-state index >= 15 is 0 Å². The number of aromatic nitrogens is 4. The van der Waals surface area contributed by atoms with Crippen LogP contribution in [0, 0.1) is 6.92 Å². The lowest BCUT2D eigenvalue weighted by atomic mass is 9.97. The number of ether oxygens (including phenoxy) is 1. The van der Waals surface area contributed by atoms with E-state index in [0.29, 0.717) is 5.82 Å². The smallest absolute Gasteiger partial charge is 0.146 e. The Kier molecular flexibility index (Phi) is 7.16. The maximum Gasteiger partial charge on any atom is 0.146 e. The Labute approximate surface area is 227 Å². The van der Waals surface area contributed by atoms with Crippen molar-refractivity contribution in [3.05, 3.63) is 83.9 Å². The minimum absolute atomic E-state index is 0.484. The molecule has 9 heteroatoms. The average molecular weight is 522 g/mol. The van der Waals surface area contributed by atoms with Crippen molar-refractivity contribution < 1.29 is 9.53 Å². The van der Waals surface area contributed by atoms with Crippen LogP contribution in [-0.4, -0.2) is 63.8 Å². The van der Waals surface area contributed by atoms with Gasteiger partial charge in [0.05, 0.1) is 37.3 Å². The predicted octanol–water partition coefficient (Wildman–Crippen LogP) is 4.21. The fourth-order valence-corrected chi connectivity index (χ4v) is 4.97. The third-order valence-corrected chi connectivity index (χ3v) is 7.09. The fourth-order valence-electron chi connectivity index (χ4n) is 4.97. The molecule has 2 aliphatic rings. The average Bonchev–Trinajstić information content (AvgIpc) is 3.46. The molecule has 3 aromatic heterocycles. The van der Waals surface area contributed by atoms with Crippen LogP contribution < -0.4 is 10.6 Å². The van der Waals surface area contributed by atoms with Crippen LogP contribution in [0.4, 0.5) is 11.5 Å². The lowest BCUT2D eigenvalue weighted by molar-refractivity contribution is -0.109. The molecule has 0 amide bonds. The molecule has 1 fully saturated rings. The van der Waals surface area contributed by atoms with E-state index in [2.05, 4.69) is 43.9 Å². The number of hydrogen-bond donors (Lipinski definition) is 2. The summed E-state index contributed by atoms with van der Waals surface area (Å²) in [5.74, 6) is 0.628. The highest BCUT2D eigenvalue weighted by Crippen LogP contribution is 2.34. The molecule has 1 saturated heterocycles. The lowest BCUT2D eigenvalue weighted by Gasteiger charge is -2.26. The normalized spacial score (nSPS) is 16.9. The Hall–Kier alpha value is -4.34. The third kappa shape index (κ3) is 5.59. The van der Waals surface area contributed by atoms with Gasteiger partial charge in [0.25, 0.3) is 0 Å². The Morgan fingerprint density at radius 2 is 1.90 bits per heavy atom. The number of benzene rings is 1. The molecule has 5 heterocycles. The van der Waals surface area contributed by atoms with E-state index < -0.39 is 6.04 Å². The van der Waals surface area contributed by atoms with E-state index in [1.54, 1.807) is 6.20 Å². The zero-order chi connectivity index (χ0) is 26.6. The van der Waals surface area contributed by atoms with Crippen LogP contribution in [0.1, 0.15) is 22.9 Å². The number of aryl methyl sites for hydroxylation is 1. The van der Waals surface area contributed by atoms with Crippen molar-refractivity contribution >= 4 is 23.9 Å². The summed E-state index contributed by atoms with van der Waals surface area (Å²) in [7, 11) is 0. The first-order chi connectivity index (χ1) is 19.2. The number of anilines is 2. The first kappa shape index (κ1) is 25.0. The second-order valence-electron chi connectivity index (χ2n) is 9.79. The summed E-state index contributed by atoms with van der Waals surface area (Å²) in [6.07, 6.45) is 8.66. The zero-order valence-electron chi connectivity index (χ0n) is 21.9. The minimum Gasteiger partial charge on any atom is -0.379 e. The van der Waals surface area contributed by atoms with Gasteiger partial charge in [0.2, 0.25) is 0 Å². The van der Waals surface area contributed by atoms with Gasteiger partial charge in [0.1, 0.15) is 18.1 Å². The highest BCUT2D eigenvalue weighted by atomic mass is 16.5. The van der Waals surface area contributed by atoms with Gasteiger partial charge in [-0.15, -0.1) is 0 Å². The van der Waals surface area contributed by atoms with Crippen LogP contribution >= 0.6 is 0 Å². The zero-order valence-corrected chi connectivity index (χ0v) is 21.9. The number of pyridine rings is 2. The molecule has 198 valence electrons. The molecule has 1 unspecified atom stereocenters. The Morgan fingerprint density at radius 3 is 2.69 bits per heavy atom. The van der Waals surface area contributed by atoms with E-state index in [1.807, 2.05) is 60.3 Å². The van der Waals surface area contributed by atoms with Crippen molar-refractivity contribution in [2.45, 2.75) is 19.5 Å². The second kappa shape index (κ2) is 11.2. The molecule has 2 aliphatic heterocycles. The monoisotopic (exact) mass is 521 g/mol. The van der Waals surface area contributed by atoms with Crippen molar-refractivity contribution in [3.8, 4) is 22.5 Å². The predicted molar refractivity (Wildman–Crippen MR) is 151 cm³/mol.